The van der Waals surface area contributed by atoms with Crippen molar-refractivity contribution < 1.29 is 71.8 Å². The number of alkyl carbamates (subject to hydrolysis) is 1. The van der Waals surface area contributed by atoms with Gasteiger partial charge in [0, 0.05) is 65.6 Å². The van der Waals surface area contributed by atoms with Crippen molar-refractivity contribution in [3.63, 3.8) is 0 Å². The molecule has 382 valence electrons. The van der Waals surface area contributed by atoms with Gasteiger partial charge in [0.15, 0.2) is 11.4 Å². The molecule has 7 rings (SSSR count). The summed E-state index contributed by atoms with van der Waals surface area (Å²) in [6, 6.07) is 15.2. The van der Waals surface area contributed by atoms with Crippen LogP contribution < -0.4 is 5.32 Å². The van der Waals surface area contributed by atoms with E-state index in [-0.39, 0.29) is 24.2 Å². The molecular formula is C52H69N3O15. The van der Waals surface area contributed by atoms with Crippen molar-refractivity contribution in [3.05, 3.63) is 82.9 Å². The van der Waals surface area contributed by atoms with Gasteiger partial charge in [-0.15, -0.1) is 0 Å². The first kappa shape index (κ1) is 52.4. The fraction of sp³-hybridized carbons (Fsp3) is 0.615. The Morgan fingerprint density at radius 1 is 0.914 bits per heavy atom. The summed E-state index contributed by atoms with van der Waals surface area (Å²) in [6.45, 7) is 17.3. The zero-order valence-electron chi connectivity index (χ0n) is 42.1. The van der Waals surface area contributed by atoms with Crippen LogP contribution in [0.2, 0.25) is 0 Å². The van der Waals surface area contributed by atoms with Crippen LogP contribution in [0.25, 0.3) is 0 Å². The molecule has 3 aliphatic carbocycles. The van der Waals surface area contributed by atoms with Crippen LogP contribution in [0, 0.1) is 16.7 Å². The van der Waals surface area contributed by atoms with Crippen molar-refractivity contribution in [1.82, 2.24) is 15.1 Å². The molecule has 0 unspecified atom stereocenters. The predicted octanol–water partition coefficient (Wildman–Crippen LogP) is 5.35. The first-order valence-electron chi connectivity index (χ1n) is 24.0. The molecule has 2 amide bonds. The third-order valence-corrected chi connectivity index (χ3v) is 15.3. The van der Waals surface area contributed by atoms with Crippen molar-refractivity contribution in [2.24, 2.45) is 16.7 Å². The number of amides is 2. The van der Waals surface area contributed by atoms with Crippen LogP contribution >= 0.6 is 0 Å². The molecule has 11 atom stereocenters. The van der Waals surface area contributed by atoms with Gasteiger partial charge in [-0.2, -0.15) is 0 Å². The number of benzene rings is 2. The summed E-state index contributed by atoms with van der Waals surface area (Å²) >= 11 is 0. The molecule has 4 fully saturated rings. The first-order valence-corrected chi connectivity index (χ1v) is 24.0. The van der Waals surface area contributed by atoms with Crippen molar-refractivity contribution in [3.8, 4) is 0 Å². The highest BCUT2D eigenvalue weighted by atomic mass is 16.6. The van der Waals surface area contributed by atoms with Crippen LogP contribution in [0.1, 0.15) is 97.1 Å². The van der Waals surface area contributed by atoms with E-state index < -0.39 is 119 Å². The van der Waals surface area contributed by atoms with E-state index >= 15 is 9.59 Å². The third kappa shape index (κ3) is 9.44. The zero-order chi connectivity index (χ0) is 51.1. The van der Waals surface area contributed by atoms with E-state index in [1.165, 1.54) is 26.0 Å². The van der Waals surface area contributed by atoms with Gasteiger partial charge in [-0.3, -0.25) is 9.59 Å². The number of likely N-dealkylation sites (N-methyl/N-ethyl adjacent to an activating group) is 1. The van der Waals surface area contributed by atoms with Crippen LogP contribution in [0.3, 0.4) is 0 Å². The van der Waals surface area contributed by atoms with Crippen molar-refractivity contribution in [2.75, 3.05) is 53.6 Å². The SMILES string of the molecule is CCN1CCN(C(=O)O[C@@H](C(=O)O[C@H]2C[C@@]3(O)[C@@H](OC(=O)c4ccccc4)[C@@H]4[C@]5(OC(C)=O)CO[C@@H]5C[C@H](OC)[C@@]4(C)C(=O)[C@H](OC)C(=C2C)C3(C)C)[C@@H](NC(=O)OC(C)(C)C)c2ccccc2)CC1. The number of Topliss-reactive ketones (excluding diaryl/α,β-unsaturated/α-hetero) is 1. The Hall–Kier alpha value is -5.40. The van der Waals surface area contributed by atoms with Gasteiger partial charge < -0.3 is 58.1 Å². The van der Waals surface area contributed by atoms with Gasteiger partial charge >= 0.3 is 30.1 Å². The van der Waals surface area contributed by atoms with Crippen molar-refractivity contribution in [1.29, 1.82) is 0 Å². The smallest absolute Gasteiger partial charge is 0.410 e. The average Bonchev–Trinajstić information content (AvgIpc) is 3.31. The lowest BCUT2D eigenvalue weighted by Crippen LogP contribution is -2.82. The van der Waals surface area contributed by atoms with Crippen LogP contribution in [0.15, 0.2) is 71.8 Å². The summed E-state index contributed by atoms with van der Waals surface area (Å²) in [6.07, 6.45) is -10.3. The number of esters is 3. The maximum atomic E-state index is 15.8. The maximum Gasteiger partial charge on any atom is 0.410 e. The molecule has 2 aromatic rings. The first-order chi connectivity index (χ1) is 33.0. The fourth-order valence-electron chi connectivity index (χ4n) is 11.6. The number of rotatable bonds is 12. The lowest BCUT2D eigenvalue weighted by molar-refractivity contribution is -0.347. The van der Waals surface area contributed by atoms with Gasteiger partial charge in [0.2, 0.25) is 6.10 Å². The number of carbonyl (C=O) groups is 6. The summed E-state index contributed by atoms with van der Waals surface area (Å²) in [7, 11) is 2.79. The molecular weight excluding hydrogens is 907 g/mol. The second-order valence-electron chi connectivity index (χ2n) is 20.8. The fourth-order valence-corrected chi connectivity index (χ4v) is 11.6. The van der Waals surface area contributed by atoms with E-state index in [2.05, 4.69) is 10.2 Å². The molecule has 0 aromatic heterocycles. The molecule has 2 aliphatic heterocycles. The average molecular weight is 976 g/mol. The molecule has 5 aliphatic rings. The second kappa shape index (κ2) is 20.0. The Balaban J connectivity index is 1.39. The largest absolute Gasteiger partial charge is 0.455 e. The maximum absolute atomic E-state index is 15.8. The molecule has 2 N–H and O–H groups in total. The second-order valence-corrected chi connectivity index (χ2v) is 20.8. The Labute approximate surface area is 409 Å². The molecule has 2 saturated carbocycles. The molecule has 18 nitrogen and oxygen atoms in total. The topological polar surface area (TPSA) is 215 Å². The number of fused-ring (bicyclic) bond motifs is 5. The van der Waals surface area contributed by atoms with Gasteiger partial charge in [-0.05, 0) is 70.0 Å². The number of hydrogen-bond acceptors (Lipinski definition) is 16. The lowest BCUT2D eigenvalue weighted by Gasteiger charge is -2.67. The molecule has 2 heterocycles. The van der Waals surface area contributed by atoms with Gasteiger partial charge in [0.1, 0.15) is 41.7 Å². The summed E-state index contributed by atoms with van der Waals surface area (Å²) in [5.74, 6) is -4.54. The number of aliphatic hydroxyl groups is 1. The van der Waals surface area contributed by atoms with Crippen LogP contribution in [-0.4, -0.2) is 158 Å². The Bertz CT molecular complexity index is 2330. The van der Waals surface area contributed by atoms with E-state index in [1.807, 2.05) is 6.92 Å². The minimum atomic E-state index is -2.28. The number of piperazine rings is 1. The predicted molar refractivity (Wildman–Crippen MR) is 251 cm³/mol. The molecule has 2 bridgehead atoms. The zero-order valence-corrected chi connectivity index (χ0v) is 42.1. The van der Waals surface area contributed by atoms with E-state index in [1.54, 1.807) is 109 Å². The van der Waals surface area contributed by atoms with Crippen molar-refractivity contribution in [2.45, 2.75) is 135 Å². The van der Waals surface area contributed by atoms with E-state index in [9.17, 15) is 24.3 Å². The van der Waals surface area contributed by atoms with Gasteiger partial charge in [-0.1, -0.05) is 69.3 Å². The minimum Gasteiger partial charge on any atom is -0.455 e. The number of ketones is 1. The number of nitrogens with zero attached hydrogens (tertiary/aromatic N) is 2. The van der Waals surface area contributed by atoms with Crippen molar-refractivity contribution >= 4 is 35.9 Å². The third-order valence-electron chi connectivity index (χ3n) is 15.3. The normalized spacial score (nSPS) is 31.5. The van der Waals surface area contributed by atoms with Crippen LogP contribution in [0.5, 0.6) is 0 Å². The summed E-state index contributed by atoms with van der Waals surface area (Å²) < 4.78 is 49.5. The summed E-state index contributed by atoms with van der Waals surface area (Å²) in [5.41, 5.74) is -6.99. The van der Waals surface area contributed by atoms with Crippen LogP contribution in [-0.2, 0) is 52.3 Å². The van der Waals surface area contributed by atoms with Crippen LogP contribution in [0.4, 0.5) is 9.59 Å². The van der Waals surface area contributed by atoms with Gasteiger partial charge in [-0.25, -0.2) is 19.2 Å². The molecule has 2 saturated heterocycles. The van der Waals surface area contributed by atoms with E-state index in [0.717, 1.165) is 6.54 Å². The highest BCUT2D eigenvalue weighted by Gasteiger charge is 2.78. The molecule has 0 spiro atoms. The lowest BCUT2D eigenvalue weighted by atomic mass is 9.44. The molecule has 2 aromatic carbocycles. The Kier molecular flexibility index (Phi) is 15.0. The van der Waals surface area contributed by atoms with E-state index in [4.69, 9.17) is 37.9 Å². The number of hydrogen-bond donors (Lipinski definition) is 2. The number of carbonyl (C=O) groups excluding carboxylic acids is 6. The number of methoxy groups -OCH3 is 2. The summed E-state index contributed by atoms with van der Waals surface area (Å²) in [4.78, 5) is 90.3. The highest BCUT2D eigenvalue weighted by molar-refractivity contribution is 5.94. The quantitative estimate of drug-likeness (QED) is 0.156. The molecule has 18 heteroatoms. The Morgan fingerprint density at radius 2 is 1.54 bits per heavy atom. The monoisotopic (exact) mass is 975 g/mol. The number of nitrogens with one attached hydrogen (secondary N) is 1. The van der Waals surface area contributed by atoms with Gasteiger partial charge in [0.25, 0.3) is 0 Å². The summed E-state index contributed by atoms with van der Waals surface area (Å²) in [5, 5.41) is 16.8. The minimum absolute atomic E-state index is 0.104. The molecule has 0 radical (unpaired) electrons. The Morgan fingerprint density at radius 3 is 2.09 bits per heavy atom. The van der Waals surface area contributed by atoms with E-state index in [0.29, 0.717) is 37.3 Å². The highest BCUT2D eigenvalue weighted by Crippen LogP contribution is 2.65. The standard InChI is InChI=1S/C52H69N3O15/c1-12-54-23-25-55(26-24-54)47(61)67-40(38(32-19-15-13-16-20-32)53-46(60)70-48(4,5)6)45(59)66-34-28-52(62)43(68-44(58)33-21-17-14-18-22-33)41-50(9,42(57)39(64-11)37(30(34)2)49(52,7)8)35(63-10)27-36-51(41,29-65-36)69-31(3)56/h13-22,34-36,38-41,43,62H,12,23-29H2,1-11H3,(H,53,60)/t34-,35-,36+,38-,39+,40+,41-,43-,50+,51-,52+/m0/s1. The van der Waals surface area contributed by atoms with Gasteiger partial charge in [0.05, 0.1) is 29.6 Å². The molecule has 70 heavy (non-hydrogen) atoms. The number of ether oxygens (including phenoxy) is 8.